The van der Waals surface area contributed by atoms with Crippen LogP contribution in [0.4, 0.5) is 0 Å². The molecule has 1 aliphatic heterocycles. The van der Waals surface area contributed by atoms with Crippen LogP contribution in [0, 0.1) is 22.7 Å². The van der Waals surface area contributed by atoms with Gasteiger partial charge in [-0.3, -0.25) is 0 Å². The molecule has 2 N–H and O–H groups in total. The summed E-state index contributed by atoms with van der Waals surface area (Å²) >= 11 is 0. The first kappa shape index (κ1) is 9.95. The number of hydrogen-bond acceptors (Lipinski definition) is 3. The minimum absolute atomic E-state index is 0.0292. The summed E-state index contributed by atoms with van der Waals surface area (Å²) in [5.41, 5.74) is 5.84. The summed E-state index contributed by atoms with van der Waals surface area (Å²) in [4.78, 5) is 0. The second-order valence-electron chi connectivity index (χ2n) is 4.68. The highest BCUT2D eigenvalue weighted by Crippen LogP contribution is 2.38. The van der Waals surface area contributed by atoms with E-state index in [4.69, 9.17) is 15.7 Å². The summed E-state index contributed by atoms with van der Waals surface area (Å²) in [5, 5.41) is 9.13. The second-order valence-corrected chi connectivity index (χ2v) is 4.68. The van der Waals surface area contributed by atoms with Gasteiger partial charge in [0.2, 0.25) is 0 Å². The van der Waals surface area contributed by atoms with Gasteiger partial charge in [-0.1, -0.05) is 19.3 Å². The van der Waals surface area contributed by atoms with Crippen LogP contribution in [0.15, 0.2) is 0 Å². The molecule has 1 unspecified atom stereocenters. The van der Waals surface area contributed by atoms with Crippen LogP contribution in [-0.4, -0.2) is 19.3 Å². The summed E-state index contributed by atoms with van der Waals surface area (Å²) in [5.74, 6) is 0.548. The Bertz CT molecular complexity index is 236. The molecular weight excluding hydrogens is 176 g/mol. The smallest absolute Gasteiger partial charge is 0.119 e. The highest BCUT2D eigenvalue weighted by atomic mass is 16.5. The van der Waals surface area contributed by atoms with E-state index in [1.165, 1.54) is 32.1 Å². The number of hydrogen-bond donors (Lipinski definition) is 1. The van der Waals surface area contributed by atoms with Gasteiger partial charge in [0.25, 0.3) is 0 Å². The topological polar surface area (TPSA) is 59.0 Å². The third kappa shape index (κ3) is 1.53. The number of rotatable bonds is 2. The molecule has 0 aromatic heterocycles. The van der Waals surface area contributed by atoms with E-state index in [1.807, 2.05) is 0 Å². The van der Waals surface area contributed by atoms with E-state index in [9.17, 15) is 0 Å². The van der Waals surface area contributed by atoms with Crippen molar-refractivity contribution in [3.63, 3.8) is 0 Å². The molecule has 1 saturated carbocycles. The normalized spacial score (nSPS) is 28.9. The fourth-order valence-electron chi connectivity index (χ4n) is 2.60. The fraction of sp³-hybridized carbons (Fsp3) is 0.909. The van der Waals surface area contributed by atoms with E-state index < -0.39 is 0 Å². The molecule has 1 saturated heterocycles. The molecule has 14 heavy (non-hydrogen) atoms. The lowest BCUT2D eigenvalue weighted by molar-refractivity contribution is -0.101. The molecule has 0 aromatic rings. The maximum absolute atomic E-state index is 9.13. The minimum atomic E-state index is -0.359. The first-order chi connectivity index (χ1) is 6.78. The SMILES string of the molecule is N#CC1(C(N)C2CCCCC2)COC1. The Morgan fingerprint density at radius 2 is 1.93 bits per heavy atom. The highest BCUT2D eigenvalue weighted by molar-refractivity contribution is 5.11. The molecule has 0 radical (unpaired) electrons. The molecule has 3 nitrogen and oxygen atoms in total. The zero-order valence-electron chi connectivity index (χ0n) is 8.54. The first-order valence-electron chi connectivity index (χ1n) is 5.53. The van der Waals surface area contributed by atoms with Crippen LogP contribution in [0.3, 0.4) is 0 Å². The number of nitriles is 1. The summed E-state index contributed by atoms with van der Waals surface area (Å²) in [6.45, 7) is 1.09. The van der Waals surface area contributed by atoms with Crippen molar-refractivity contribution >= 4 is 0 Å². The lowest BCUT2D eigenvalue weighted by Crippen LogP contribution is -2.57. The molecule has 2 aliphatic rings. The van der Waals surface area contributed by atoms with Crippen LogP contribution in [0.1, 0.15) is 32.1 Å². The lowest BCUT2D eigenvalue weighted by atomic mass is 9.70. The third-order valence-corrected chi connectivity index (χ3v) is 3.74. The average Bonchev–Trinajstić information content (AvgIpc) is 2.18. The van der Waals surface area contributed by atoms with Gasteiger partial charge in [-0.05, 0) is 18.8 Å². The minimum Gasteiger partial charge on any atom is -0.378 e. The molecular formula is C11H18N2O. The Labute approximate surface area is 85.2 Å². The van der Waals surface area contributed by atoms with Gasteiger partial charge in [-0.25, -0.2) is 0 Å². The van der Waals surface area contributed by atoms with E-state index >= 15 is 0 Å². The Morgan fingerprint density at radius 1 is 1.29 bits per heavy atom. The van der Waals surface area contributed by atoms with Crippen molar-refractivity contribution in [3.8, 4) is 6.07 Å². The maximum Gasteiger partial charge on any atom is 0.119 e. The lowest BCUT2D eigenvalue weighted by Gasteiger charge is -2.44. The molecule has 1 aliphatic carbocycles. The third-order valence-electron chi connectivity index (χ3n) is 3.74. The molecule has 0 spiro atoms. The Kier molecular flexibility index (Phi) is 2.76. The van der Waals surface area contributed by atoms with Crippen molar-refractivity contribution in [2.45, 2.75) is 38.1 Å². The molecule has 3 heteroatoms. The zero-order chi connectivity index (χ0) is 10.0. The zero-order valence-corrected chi connectivity index (χ0v) is 8.54. The predicted octanol–water partition coefficient (Wildman–Crippen LogP) is 1.43. The fourth-order valence-corrected chi connectivity index (χ4v) is 2.60. The molecule has 0 bridgehead atoms. The van der Waals surface area contributed by atoms with Crippen molar-refractivity contribution in [1.82, 2.24) is 0 Å². The monoisotopic (exact) mass is 194 g/mol. The molecule has 2 fully saturated rings. The molecule has 0 amide bonds. The average molecular weight is 194 g/mol. The van der Waals surface area contributed by atoms with Crippen molar-refractivity contribution in [2.75, 3.05) is 13.2 Å². The maximum atomic E-state index is 9.13. The van der Waals surface area contributed by atoms with E-state index in [0.29, 0.717) is 19.1 Å². The van der Waals surface area contributed by atoms with E-state index in [-0.39, 0.29) is 11.5 Å². The van der Waals surface area contributed by atoms with Gasteiger partial charge in [-0.2, -0.15) is 5.26 Å². The standard InChI is InChI=1S/C11H18N2O/c12-6-11(7-14-8-11)10(13)9-4-2-1-3-5-9/h9-10H,1-5,7-8,13H2. The Morgan fingerprint density at radius 3 is 2.36 bits per heavy atom. The van der Waals surface area contributed by atoms with E-state index in [2.05, 4.69) is 6.07 Å². The second kappa shape index (κ2) is 3.88. The van der Waals surface area contributed by atoms with Gasteiger partial charge in [0, 0.05) is 6.04 Å². The van der Waals surface area contributed by atoms with Crippen molar-refractivity contribution in [3.05, 3.63) is 0 Å². The van der Waals surface area contributed by atoms with Gasteiger partial charge in [-0.15, -0.1) is 0 Å². The van der Waals surface area contributed by atoms with Crippen LogP contribution in [-0.2, 0) is 4.74 Å². The largest absolute Gasteiger partial charge is 0.378 e. The molecule has 2 rings (SSSR count). The predicted molar refractivity (Wildman–Crippen MR) is 53.4 cm³/mol. The van der Waals surface area contributed by atoms with Crippen LogP contribution >= 0.6 is 0 Å². The Hall–Kier alpha value is -0.590. The first-order valence-corrected chi connectivity index (χ1v) is 5.53. The van der Waals surface area contributed by atoms with Crippen LogP contribution in [0.5, 0.6) is 0 Å². The summed E-state index contributed by atoms with van der Waals surface area (Å²) in [6.07, 6.45) is 6.29. The van der Waals surface area contributed by atoms with Gasteiger partial charge in [0.1, 0.15) is 5.41 Å². The molecule has 1 heterocycles. The van der Waals surface area contributed by atoms with Crippen molar-refractivity contribution in [2.24, 2.45) is 17.1 Å². The van der Waals surface area contributed by atoms with E-state index in [0.717, 1.165) is 0 Å². The van der Waals surface area contributed by atoms with Gasteiger partial charge < -0.3 is 10.5 Å². The number of nitrogens with two attached hydrogens (primary N) is 1. The summed E-state index contributed by atoms with van der Waals surface area (Å²) in [7, 11) is 0. The number of nitrogens with zero attached hydrogens (tertiary/aromatic N) is 1. The number of ether oxygens (including phenoxy) is 1. The van der Waals surface area contributed by atoms with Crippen molar-refractivity contribution in [1.29, 1.82) is 5.26 Å². The Balaban J connectivity index is 1.99. The van der Waals surface area contributed by atoms with Crippen LogP contribution < -0.4 is 5.73 Å². The molecule has 1 atom stereocenters. The summed E-state index contributed by atoms with van der Waals surface area (Å²) < 4.78 is 5.14. The van der Waals surface area contributed by atoms with Gasteiger partial charge in [0.05, 0.1) is 19.3 Å². The summed E-state index contributed by atoms with van der Waals surface area (Å²) in [6, 6.07) is 2.39. The molecule has 0 aromatic carbocycles. The molecule has 78 valence electrons. The van der Waals surface area contributed by atoms with Gasteiger partial charge in [0.15, 0.2) is 0 Å². The van der Waals surface area contributed by atoms with E-state index in [1.54, 1.807) is 0 Å². The highest BCUT2D eigenvalue weighted by Gasteiger charge is 2.47. The quantitative estimate of drug-likeness (QED) is 0.723. The van der Waals surface area contributed by atoms with Crippen LogP contribution in [0.25, 0.3) is 0 Å². The van der Waals surface area contributed by atoms with Gasteiger partial charge >= 0.3 is 0 Å². The van der Waals surface area contributed by atoms with Crippen LogP contribution in [0.2, 0.25) is 0 Å². The van der Waals surface area contributed by atoms with Crippen molar-refractivity contribution < 1.29 is 4.74 Å².